The van der Waals surface area contributed by atoms with Crippen LogP contribution >= 0.6 is 0 Å². The van der Waals surface area contributed by atoms with Crippen LogP contribution in [0.15, 0.2) is 0 Å². The number of ether oxygens (including phenoxy) is 1. The highest BCUT2D eigenvalue weighted by molar-refractivity contribution is 5.67. The number of nitrogens with zero attached hydrogens (tertiary/aromatic N) is 1. The number of amides is 1. The van der Waals surface area contributed by atoms with E-state index in [9.17, 15) is 4.79 Å². The van der Waals surface area contributed by atoms with Crippen molar-refractivity contribution in [1.82, 2.24) is 15.5 Å². The van der Waals surface area contributed by atoms with Gasteiger partial charge in [-0.3, -0.25) is 0 Å². The maximum Gasteiger partial charge on any atom is 0.407 e. The number of hydrogen-bond donors (Lipinski definition) is 2. The fraction of sp³-hybridized carbons (Fsp3) is 0.929. The third kappa shape index (κ3) is 8.06. The van der Waals surface area contributed by atoms with Crippen LogP contribution in [0, 0.1) is 5.92 Å². The van der Waals surface area contributed by atoms with Gasteiger partial charge in [0.25, 0.3) is 0 Å². The van der Waals surface area contributed by atoms with Gasteiger partial charge < -0.3 is 20.3 Å². The molecule has 1 unspecified atom stereocenters. The van der Waals surface area contributed by atoms with Gasteiger partial charge in [-0.15, -0.1) is 0 Å². The van der Waals surface area contributed by atoms with Gasteiger partial charge in [-0.2, -0.15) is 0 Å². The van der Waals surface area contributed by atoms with Gasteiger partial charge in [0, 0.05) is 13.1 Å². The average molecular weight is 271 g/mol. The summed E-state index contributed by atoms with van der Waals surface area (Å²) in [5.41, 5.74) is -0.420. The molecule has 0 aromatic rings. The highest BCUT2D eigenvalue weighted by Gasteiger charge is 2.18. The van der Waals surface area contributed by atoms with E-state index in [0.717, 1.165) is 25.4 Å². The molecule has 1 heterocycles. The molecule has 0 aliphatic carbocycles. The first-order valence-corrected chi connectivity index (χ1v) is 7.23. The number of likely N-dealkylation sites (tertiary alicyclic amines) is 1. The molecule has 5 heteroatoms. The second-order valence-corrected chi connectivity index (χ2v) is 6.40. The largest absolute Gasteiger partial charge is 0.444 e. The van der Waals surface area contributed by atoms with Crippen molar-refractivity contribution in [2.45, 2.75) is 39.2 Å². The number of nitrogens with one attached hydrogen (secondary N) is 2. The summed E-state index contributed by atoms with van der Waals surface area (Å²) in [6, 6.07) is 0. The molecular formula is C14H29N3O2. The zero-order chi connectivity index (χ0) is 14.3. The zero-order valence-electron chi connectivity index (χ0n) is 12.8. The van der Waals surface area contributed by atoms with Gasteiger partial charge in [-0.25, -0.2) is 4.79 Å². The molecular weight excluding hydrogens is 242 g/mol. The summed E-state index contributed by atoms with van der Waals surface area (Å²) in [7, 11) is 2.17. The summed E-state index contributed by atoms with van der Waals surface area (Å²) < 4.78 is 5.16. The van der Waals surface area contributed by atoms with Gasteiger partial charge >= 0.3 is 6.09 Å². The first kappa shape index (κ1) is 16.2. The van der Waals surface area contributed by atoms with Crippen LogP contribution in [-0.4, -0.2) is 56.4 Å². The van der Waals surface area contributed by atoms with E-state index in [1.165, 1.54) is 19.5 Å². The lowest BCUT2D eigenvalue weighted by molar-refractivity contribution is 0.0527. The molecule has 0 spiro atoms. The maximum atomic E-state index is 11.4. The lowest BCUT2D eigenvalue weighted by atomic mass is 10.1. The lowest BCUT2D eigenvalue weighted by Crippen LogP contribution is -2.34. The van der Waals surface area contributed by atoms with Crippen molar-refractivity contribution < 1.29 is 9.53 Å². The van der Waals surface area contributed by atoms with Crippen molar-refractivity contribution >= 4 is 6.09 Å². The third-order valence-electron chi connectivity index (χ3n) is 3.12. The smallest absolute Gasteiger partial charge is 0.407 e. The van der Waals surface area contributed by atoms with Crippen molar-refractivity contribution in [3.63, 3.8) is 0 Å². The summed E-state index contributed by atoms with van der Waals surface area (Å²) in [6.45, 7) is 10.7. The molecule has 0 aromatic carbocycles. The minimum Gasteiger partial charge on any atom is -0.444 e. The van der Waals surface area contributed by atoms with Gasteiger partial charge in [0.15, 0.2) is 0 Å². The Morgan fingerprint density at radius 1 is 1.37 bits per heavy atom. The van der Waals surface area contributed by atoms with Gasteiger partial charge in [0.2, 0.25) is 0 Å². The molecule has 0 radical (unpaired) electrons. The van der Waals surface area contributed by atoms with Gasteiger partial charge in [-0.05, 0) is 66.2 Å². The Balaban J connectivity index is 1.92. The lowest BCUT2D eigenvalue weighted by Gasteiger charge is -2.19. The van der Waals surface area contributed by atoms with E-state index in [2.05, 4.69) is 22.6 Å². The van der Waals surface area contributed by atoms with E-state index in [-0.39, 0.29) is 6.09 Å². The van der Waals surface area contributed by atoms with Crippen molar-refractivity contribution in [1.29, 1.82) is 0 Å². The van der Waals surface area contributed by atoms with Crippen molar-refractivity contribution in [2.75, 3.05) is 39.8 Å². The van der Waals surface area contributed by atoms with E-state index in [4.69, 9.17) is 4.74 Å². The molecule has 1 aliphatic rings. The Kier molecular flexibility index (Phi) is 6.58. The van der Waals surface area contributed by atoms with Gasteiger partial charge in [-0.1, -0.05) is 0 Å². The minimum absolute atomic E-state index is 0.329. The summed E-state index contributed by atoms with van der Waals surface area (Å²) in [5.74, 6) is 0.781. The van der Waals surface area contributed by atoms with Crippen LogP contribution < -0.4 is 10.6 Å². The average Bonchev–Trinajstić information content (AvgIpc) is 2.67. The fourth-order valence-corrected chi connectivity index (χ4v) is 2.22. The summed E-state index contributed by atoms with van der Waals surface area (Å²) in [6.07, 6.45) is 1.89. The third-order valence-corrected chi connectivity index (χ3v) is 3.12. The molecule has 1 rings (SSSR count). The van der Waals surface area contributed by atoms with Crippen LogP contribution in [0.4, 0.5) is 4.79 Å². The van der Waals surface area contributed by atoms with Crippen molar-refractivity contribution in [3.05, 3.63) is 0 Å². The second-order valence-electron chi connectivity index (χ2n) is 6.40. The SMILES string of the molecule is CN1CCC(CNCCCNC(=O)OC(C)(C)C)C1. The van der Waals surface area contributed by atoms with Crippen LogP contribution in [0.3, 0.4) is 0 Å². The van der Waals surface area contributed by atoms with Crippen LogP contribution in [0.2, 0.25) is 0 Å². The van der Waals surface area contributed by atoms with Gasteiger partial charge in [0.1, 0.15) is 5.60 Å². The summed E-state index contributed by atoms with van der Waals surface area (Å²) >= 11 is 0. The molecule has 1 amide bonds. The first-order valence-electron chi connectivity index (χ1n) is 7.23. The molecule has 1 atom stereocenters. The summed E-state index contributed by atoms with van der Waals surface area (Å²) in [5, 5.41) is 6.22. The predicted octanol–water partition coefficient (Wildman–Crippen LogP) is 1.44. The van der Waals surface area contributed by atoms with Crippen molar-refractivity contribution in [2.24, 2.45) is 5.92 Å². The molecule has 1 saturated heterocycles. The Morgan fingerprint density at radius 2 is 2.11 bits per heavy atom. The molecule has 1 aliphatic heterocycles. The normalized spacial score (nSPS) is 20.5. The van der Waals surface area contributed by atoms with E-state index in [0.29, 0.717) is 6.54 Å². The van der Waals surface area contributed by atoms with Crippen LogP contribution in [0.25, 0.3) is 0 Å². The topological polar surface area (TPSA) is 53.6 Å². The highest BCUT2D eigenvalue weighted by atomic mass is 16.6. The molecule has 0 saturated carbocycles. The number of alkyl carbamates (subject to hydrolysis) is 1. The Bertz CT molecular complexity index is 276. The molecule has 1 fully saturated rings. The number of hydrogen-bond acceptors (Lipinski definition) is 4. The maximum absolute atomic E-state index is 11.4. The molecule has 19 heavy (non-hydrogen) atoms. The quantitative estimate of drug-likeness (QED) is 0.718. The number of carbonyl (C=O) groups is 1. The van der Waals surface area contributed by atoms with Crippen molar-refractivity contribution in [3.8, 4) is 0 Å². The number of rotatable bonds is 6. The summed E-state index contributed by atoms with van der Waals surface area (Å²) in [4.78, 5) is 13.7. The Hall–Kier alpha value is -0.810. The molecule has 112 valence electrons. The monoisotopic (exact) mass is 271 g/mol. The first-order chi connectivity index (χ1) is 8.87. The Labute approximate surface area is 117 Å². The fourth-order valence-electron chi connectivity index (χ4n) is 2.22. The molecule has 5 nitrogen and oxygen atoms in total. The molecule has 0 aromatic heterocycles. The highest BCUT2D eigenvalue weighted by Crippen LogP contribution is 2.12. The van der Waals surface area contributed by atoms with E-state index in [1.807, 2.05) is 20.8 Å². The predicted molar refractivity (Wildman–Crippen MR) is 77.3 cm³/mol. The molecule has 0 bridgehead atoms. The van der Waals surface area contributed by atoms with E-state index in [1.54, 1.807) is 0 Å². The zero-order valence-corrected chi connectivity index (χ0v) is 12.8. The standard InChI is InChI=1S/C14H29N3O2/c1-14(2,3)19-13(18)16-8-5-7-15-10-12-6-9-17(4)11-12/h12,15H,5-11H2,1-4H3,(H,16,18). The van der Waals surface area contributed by atoms with Crippen LogP contribution in [0.1, 0.15) is 33.6 Å². The Morgan fingerprint density at radius 3 is 2.68 bits per heavy atom. The number of carbonyl (C=O) groups excluding carboxylic acids is 1. The van der Waals surface area contributed by atoms with Gasteiger partial charge in [0.05, 0.1) is 0 Å². The van der Waals surface area contributed by atoms with E-state index < -0.39 is 5.60 Å². The van der Waals surface area contributed by atoms with Crippen LogP contribution in [-0.2, 0) is 4.74 Å². The van der Waals surface area contributed by atoms with E-state index >= 15 is 0 Å². The second kappa shape index (κ2) is 7.70. The van der Waals surface area contributed by atoms with Crippen LogP contribution in [0.5, 0.6) is 0 Å². The minimum atomic E-state index is -0.420. The molecule has 2 N–H and O–H groups in total.